The van der Waals surface area contributed by atoms with Gasteiger partial charge in [-0.1, -0.05) is 24.3 Å². The van der Waals surface area contributed by atoms with Gasteiger partial charge in [-0.05, 0) is 36.0 Å². The number of guanidine groups is 1. The number of carbonyl (C=O) groups is 2. The van der Waals surface area contributed by atoms with Gasteiger partial charge in [-0.15, -0.1) is 0 Å². The van der Waals surface area contributed by atoms with E-state index in [1.54, 1.807) is 19.2 Å². The van der Waals surface area contributed by atoms with Crippen molar-refractivity contribution in [1.29, 1.82) is 0 Å². The number of rotatable bonds is 6. The van der Waals surface area contributed by atoms with Crippen molar-refractivity contribution in [2.45, 2.75) is 17.9 Å². The minimum atomic E-state index is -3.76. The molecule has 1 aliphatic heterocycles. The highest BCUT2D eigenvalue weighted by molar-refractivity contribution is 7.89. The minimum absolute atomic E-state index is 0.0461. The van der Waals surface area contributed by atoms with Gasteiger partial charge in [-0.25, -0.2) is 13.6 Å². The molecule has 0 spiro atoms. The van der Waals surface area contributed by atoms with Gasteiger partial charge in [0.15, 0.2) is 5.96 Å². The van der Waals surface area contributed by atoms with Gasteiger partial charge in [0, 0.05) is 26.7 Å². The number of allylic oxidation sites excluding steroid dienone is 2. The summed E-state index contributed by atoms with van der Waals surface area (Å²) in [6, 6.07) is 6.33. The third-order valence-electron chi connectivity index (χ3n) is 6.10. The van der Waals surface area contributed by atoms with Crippen molar-refractivity contribution in [3.05, 3.63) is 42.0 Å². The molecule has 9 nitrogen and oxygen atoms in total. The average Bonchev–Trinajstić information content (AvgIpc) is 3.39. The van der Waals surface area contributed by atoms with Gasteiger partial charge in [0.1, 0.15) is 0 Å². The van der Waals surface area contributed by atoms with Gasteiger partial charge in [0.2, 0.25) is 21.8 Å². The molecule has 2 amide bonds. The summed E-state index contributed by atoms with van der Waals surface area (Å²) >= 11 is 0. The first-order valence-electron chi connectivity index (χ1n) is 9.89. The van der Waals surface area contributed by atoms with Crippen LogP contribution in [0, 0.1) is 23.7 Å². The Labute approximate surface area is 175 Å². The molecule has 4 N–H and O–H groups in total. The Morgan fingerprint density at radius 2 is 1.83 bits per heavy atom. The van der Waals surface area contributed by atoms with E-state index in [1.165, 1.54) is 17.0 Å². The molecule has 1 heterocycles. The quantitative estimate of drug-likeness (QED) is 0.247. The predicted molar refractivity (Wildman–Crippen MR) is 110 cm³/mol. The van der Waals surface area contributed by atoms with Gasteiger partial charge in [-0.2, -0.15) is 0 Å². The van der Waals surface area contributed by atoms with Crippen LogP contribution in [0.5, 0.6) is 0 Å². The third kappa shape index (κ3) is 3.72. The lowest BCUT2D eigenvalue weighted by atomic mass is 9.85. The SMILES string of the molecule is CN=C(NCCN1C(=O)C2C3C=CC(C3)C2C1=O)NCc1cccc(S(N)(=O)=O)c1. The smallest absolute Gasteiger partial charge is 0.238 e. The van der Waals surface area contributed by atoms with Crippen LogP contribution < -0.4 is 15.8 Å². The predicted octanol–water partition coefficient (Wildman–Crippen LogP) is -0.194. The maximum Gasteiger partial charge on any atom is 0.238 e. The molecule has 30 heavy (non-hydrogen) atoms. The zero-order valence-corrected chi connectivity index (χ0v) is 17.4. The summed E-state index contributed by atoms with van der Waals surface area (Å²) in [6.45, 7) is 0.992. The molecule has 2 fully saturated rings. The van der Waals surface area contributed by atoms with Crippen molar-refractivity contribution in [1.82, 2.24) is 15.5 Å². The summed E-state index contributed by atoms with van der Waals surface area (Å²) in [5.41, 5.74) is 0.727. The van der Waals surface area contributed by atoms with E-state index in [0.717, 1.165) is 12.0 Å². The van der Waals surface area contributed by atoms with E-state index in [-0.39, 0.29) is 46.9 Å². The molecule has 2 aliphatic carbocycles. The molecular weight excluding hydrogens is 406 g/mol. The molecule has 1 aromatic rings. The van der Waals surface area contributed by atoms with E-state index in [4.69, 9.17) is 5.14 Å². The maximum absolute atomic E-state index is 12.7. The maximum atomic E-state index is 12.7. The van der Waals surface area contributed by atoms with Gasteiger partial charge < -0.3 is 10.6 Å². The van der Waals surface area contributed by atoms with E-state index >= 15 is 0 Å². The molecule has 3 aliphatic rings. The lowest BCUT2D eigenvalue weighted by Crippen LogP contribution is -2.43. The van der Waals surface area contributed by atoms with E-state index in [1.807, 2.05) is 0 Å². The monoisotopic (exact) mass is 431 g/mol. The molecule has 4 atom stereocenters. The van der Waals surface area contributed by atoms with Crippen LogP contribution in [0.4, 0.5) is 0 Å². The molecule has 0 aromatic heterocycles. The fourth-order valence-electron chi connectivity index (χ4n) is 4.71. The normalized spacial score (nSPS) is 27.7. The molecule has 4 unspecified atom stereocenters. The van der Waals surface area contributed by atoms with Crippen molar-refractivity contribution in [2.75, 3.05) is 20.1 Å². The lowest BCUT2D eigenvalue weighted by Gasteiger charge is -2.18. The Kier molecular flexibility index (Phi) is 5.37. The van der Waals surface area contributed by atoms with Crippen LogP contribution in [0.2, 0.25) is 0 Å². The Balaban J connectivity index is 1.29. The highest BCUT2D eigenvalue weighted by Gasteiger charge is 2.58. The fourth-order valence-corrected chi connectivity index (χ4v) is 5.29. The standard InChI is InChI=1S/C20H25N5O4S/c1-22-20(24-11-12-3-2-4-15(9-12)30(21,28)29)23-7-8-25-18(26)16-13-5-6-14(10-13)17(16)19(25)27/h2-6,9,13-14,16-17H,7-8,10-11H2,1H3,(H2,21,28,29)(H2,22,23,24). The van der Waals surface area contributed by atoms with Gasteiger partial charge in [-0.3, -0.25) is 19.5 Å². The Morgan fingerprint density at radius 1 is 1.17 bits per heavy atom. The van der Waals surface area contributed by atoms with Crippen molar-refractivity contribution >= 4 is 27.8 Å². The van der Waals surface area contributed by atoms with Crippen LogP contribution in [-0.2, 0) is 26.2 Å². The molecule has 4 rings (SSSR count). The topological polar surface area (TPSA) is 134 Å². The molecule has 1 saturated carbocycles. The number of benzene rings is 1. The third-order valence-corrected chi connectivity index (χ3v) is 7.01. The number of nitrogens with zero attached hydrogens (tertiary/aromatic N) is 2. The zero-order chi connectivity index (χ0) is 21.5. The Bertz CT molecular complexity index is 1010. The summed E-state index contributed by atoms with van der Waals surface area (Å²) in [7, 11) is -2.15. The highest BCUT2D eigenvalue weighted by Crippen LogP contribution is 2.52. The second kappa shape index (κ2) is 7.84. The first kappa shape index (κ1) is 20.5. The van der Waals surface area contributed by atoms with Crippen LogP contribution in [0.15, 0.2) is 46.3 Å². The van der Waals surface area contributed by atoms with Crippen molar-refractivity contribution in [3.63, 3.8) is 0 Å². The van der Waals surface area contributed by atoms with Crippen LogP contribution in [0.3, 0.4) is 0 Å². The van der Waals surface area contributed by atoms with E-state index in [9.17, 15) is 18.0 Å². The number of hydrogen-bond acceptors (Lipinski definition) is 5. The summed E-state index contributed by atoms with van der Waals surface area (Å²) in [5.74, 6) is 0.399. The van der Waals surface area contributed by atoms with Crippen molar-refractivity contribution in [3.8, 4) is 0 Å². The highest BCUT2D eigenvalue weighted by atomic mass is 32.2. The second-order valence-corrected chi connectivity index (χ2v) is 9.43. The fraction of sp³-hybridized carbons (Fsp3) is 0.450. The number of carbonyl (C=O) groups excluding carboxylic acids is 2. The van der Waals surface area contributed by atoms with Crippen molar-refractivity contribution in [2.24, 2.45) is 33.8 Å². The van der Waals surface area contributed by atoms with Crippen LogP contribution >= 0.6 is 0 Å². The number of nitrogens with one attached hydrogen (secondary N) is 2. The number of imide groups is 1. The first-order valence-corrected chi connectivity index (χ1v) is 11.4. The van der Waals surface area contributed by atoms with Gasteiger partial charge in [0.25, 0.3) is 0 Å². The number of primary sulfonamides is 1. The van der Waals surface area contributed by atoms with Crippen LogP contribution in [0.25, 0.3) is 0 Å². The first-order chi connectivity index (χ1) is 14.3. The summed E-state index contributed by atoms with van der Waals surface area (Å²) in [4.78, 5) is 30.9. The Morgan fingerprint density at radius 3 is 2.43 bits per heavy atom. The molecule has 2 bridgehead atoms. The summed E-state index contributed by atoms with van der Waals surface area (Å²) in [6.07, 6.45) is 5.08. The van der Waals surface area contributed by atoms with E-state index in [0.29, 0.717) is 19.0 Å². The number of hydrogen-bond donors (Lipinski definition) is 3. The molecule has 10 heteroatoms. The van der Waals surface area contributed by atoms with E-state index in [2.05, 4.69) is 27.8 Å². The minimum Gasteiger partial charge on any atom is -0.355 e. The van der Waals surface area contributed by atoms with Gasteiger partial charge >= 0.3 is 0 Å². The summed E-state index contributed by atoms with van der Waals surface area (Å²) in [5, 5.41) is 11.3. The number of sulfonamides is 1. The largest absolute Gasteiger partial charge is 0.355 e. The molecular formula is C20H25N5O4S. The Hall–Kier alpha value is -2.72. The molecule has 1 saturated heterocycles. The number of amides is 2. The van der Waals surface area contributed by atoms with Crippen LogP contribution in [-0.4, -0.2) is 51.2 Å². The van der Waals surface area contributed by atoms with Crippen LogP contribution in [0.1, 0.15) is 12.0 Å². The number of fused-ring (bicyclic) bond motifs is 5. The molecule has 1 aromatic carbocycles. The lowest BCUT2D eigenvalue weighted by molar-refractivity contribution is -0.140. The van der Waals surface area contributed by atoms with Crippen molar-refractivity contribution < 1.29 is 18.0 Å². The zero-order valence-electron chi connectivity index (χ0n) is 16.6. The average molecular weight is 432 g/mol. The number of aliphatic imine (C=N–C) groups is 1. The number of likely N-dealkylation sites (tertiary alicyclic amines) is 1. The second-order valence-electron chi connectivity index (χ2n) is 7.87. The summed E-state index contributed by atoms with van der Waals surface area (Å²) < 4.78 is 22.9. The molecule has 0 radical (unpaired) electrons. The molecule has 160 valence electrons. The van der Waals surface area contributed by atoms with Gasteiger partial charge in [0.05, 0.1) is 16.7 Å². The van der Waals surface area contributed by atoms with E-state index < -0.39 is 10.0 Å². The number of nitrogens with two attached hydrogens (primary N) is 1.